The molecule has 5 nitrogen and oxygen atoms in total. The van der Waals surface area contributed by atoms with Crippen molar-refractivity contribution in [2.24, 2.45) is 4.99 Å². The normalized spacial score (nSPS) is 12.1. The second kappa shape index (κ2) is 9.30. The summed E-state index contributed by atoms with van der Waals surface area (Å²) in [5, 5.41) is 6.48. The van der Waals surface area contributed by atoms with Crippen molar-refractivity contribution in [2.45, 2.75) is 33.3 Å². The van der Waals surface area contributed by atoms with Crippen LogP contribution in [0.4, 0.5) is 0 Å². The summed E-state index contributed by atoms with van der Waals surface area (Å²) in [6.07, 6.45) is 0. The van der Waals surface area contributed by atoms with Gasteiger partial charge < -0.3 is 20.1 Å². The van der Waals surface area contributed by atoms with Gasteiger partial charge in [0, 0.05) is 13.7 Å². The van der Waals surface area contributed by atoms with Crippen LogP contribution in [0.5, 0.6) is 5.75 Å². The van der Waals surface area contributed by atoms with Crippen LogP contribution in [0.1, 0.15) is 26.3 Å². The molecule has 1 rings (SSSR count). The highest BCUT2D eigenvalue weighted by molar-refractivity contribution is 5.79. The molecular formula is C17H29N3O2. The molecule has 124 valence electrons. The van der Waals surface area contributed by atoms with E-state index < -0.39 is 0 Å². The van der Waals surface area contributed by atoms with Crippen LogP contribution in [0.3, 0.4) is 0 Å². The fraction of sp³-hybridized carbons (Fsp3) is 0.588. The van der Waals surface area contributed by atoms with Crippen molar-refractivity contribution >= 4 is 5.96 Å². The lowest BCUT2D eigenvalue weighted by molar-refractivity contribution is 0.0310. The molecule has 0 saturated carbocycles. The van der Waals surface area contributed by atoms with E-state index in [1.54, 1.807) is 7.11 Å². The molecule has 1 aromatic rings. The van der Waals surface area contributed by atoms with Crippen LogP contribution >= 0.6 is 0 Å². The SMILES string of the molecule is CCNC(=NCC(C)(C)OC)NCCOc1ccccc1C. The molecule has 2 N–H and O–H groups in total. The van der Waals surface area contributed by atoms with Crippen LogP contribution in [0.15, 0.2) is 29.3 Å². The quantitative estimate of drug-likeness (QED) is 0.440. The first-order chi connectivity index (χ1) is 10.5. The summed E-state index contributed by atoms with van der Waals surface area (Å²) >= 11 is 0. The lowest BCUT2D eigenvalue weighted by Crippen LogP contribution is -2.40. The topological polar surface area (TPSA) is 54.9 Å². The molecule has 0 fully saturated rings. The molecule has 1 aromatic carbocycles. The number of ether oxygens (including phenoxy) is 2. The summed E-state index contributed by atoms with van der Waals surface area (Å²) in [4.78, 5) is 4.53. The molecule has 0 heterocycles. The molecule has 0 bridgehead atoms. The number of aliphatic imine (C=N–C) groups is 1. The van der Waals surface area contributed by atoms with Crippen LogP contribution in [0.2, 0.25) is 0 Å². The average Bonchev–Trinajstić information content (AvgIpc) is 2.50. The minimum absolute atomic E-state index is 0.264. The standard InChI is InChI=1S/C17H29N3O2/c1-6-18-16(20-13-17(3,4)21-5)19-11-12-22-15-10-8-7-9-14(15)2/h7-10H,6,11-13H2,1-5H3,(H2,18,19,20). The number of nitrogens with zero attached hydrogens (tertiary/aromatic N) is 1. The number of aryl methyl sites for hydroxylation is 1. The Bertz CT molecular complexity index is 473. The first-order valence-corrected chi connectivity index (χ1v) is 7.74. The summed E-state index contributed by atoms with van der Waals surface area (Å²) in [5.41, 5.74) is 0.880. The zero-order valence-corrected chi connectivity index (χ0v) is 14.4. The number of hydrogen-bond donors (Lipinski definition) is 2. The van der Waals surface area contributed by atoms with E-state index in [-0.39, 0.29) is 5.60 Å². The van der Waals surface area contributed by atoms with Crippen LogP contribution in [0.25, 0.3) is 0 Å². The molecule has 0 unspecified atom stereocenters. The highest BCUT2D eigenvalue weighted by Gasteiger charge is 2.15. The summed E-state index contributed by atoms with van der Waals surface area (Å²) < 4.78 is 11.1. The largest absolute Gasteiger partial charge is 0.491 e. The fourth-order valence-corrected chi connectivity index (χ4v) is 1.72. The maximum atomic E-state index is 5.76. The van der Waals surface area contributed by atoms with E-state index >= 15 is 0 Å². The molecule has 0 radical (unpaired) electrons. The molecule has 0 aliphatic heterocycles. The van der Waals surface area contributed by atoms with Crippen molar-refractivity contribution in [3.63, 3.8) is 0 Å². The van der Waals surface area contributed by atoms with Crippen LogP contribution < -0.4 is 15.4 Å². The molecular weight excluding hydrogens is 278 g/mol. The Labute approximate surface area is 134 Å². The van der Waals surface area contributed by atoms with Gasteiger partial charge in [-0.2, -0.15) is 0 Å². The van der Waals surface area contributed by atoms with Crippen molar-refractivity contribution in [3.05, 3.63) is 29.8 Å². The molecule has 5 heteroatoms. The monoisotopic (exact) mass is 307 g/mol. The van der Waals surface area contributed by atoms with Crippen molar-refractivity contribution < 1.29 is 9.47 Å². The number of para-hydroxylation sites is 1. The molecule has 0 saturated heterocycles. The number of benzene rings is 1. The predicted octanol–water partition coefficient (Wildman–Crippen LogP) is 2.35. The summed E-state index contributed by atoms with van der Waals surface area (Å²) in [6, 6.07) is 8.01. The predicted molar refractivity (Wildman–Crippen MR) is 91.7 cm³/mol. The Kier molecular flexibility index (Phi) is 7.74. The molecule has 0 atom stereocenters. The fourth-order valence-electron chi connectivity index (χ4n) is 1.72. The highest BCUT2D eigenvalue weighted by Crippen LogP contribution is 2.15. The Balaban J connectivity index is 2.41. The van der Waals surface area contributed by atoms with Gasteiger partial charge in [0.15, 0.2) is 5.96 Å². The molecule has 0 aromatic heterocycles. The van der Waals surface area contributed by atoms with Gasteiger partial charge in [0.25, 0.3) is 0 Å². The van der Waals surface area contributed by atoms with E-state index in [4.69, 9.17) is 9.47 Å². The van der Waals surface area contributed by atoms with Crippen molar-refractivity contribution in [3.8, 4) is 5.75 Å². The lowest BCUT2D eigenvalue weighted by Gasteiger charge is -2.21. The Morgan fingerprint density at radius 1 is 1.23 bits per heavy atom. The maximum absolute atomic E-state index is 5.76. The number of rotatable bonds is 8. The minimum Gasteiger partial charge on any atom is -0.491 e. The first-order valence-electron chi connectivity index (χ1n) is 7.74. The van der Waals surface area contributed by atoms with Gasteiger partial charge in [-0.15, -0.1) is 0 Å². The molecule has 0 amide bonds. The smallest absolute Gasteiger partial charge is 0.191 e. The van der Waals surface area contributed by atoms with E-state index in [1.807, 2.05) is 52.0 Å². The van der Waals surface area contributed by atoms with Gasteiger partial charge >= 0.3 is 0 Å². The Morgan fingerprint density at radius 3 is 2.59 bits per heavy atom. The minimum atomic E-state index is -0.264. The van der Waals surface area contributed by atoms with E-state index in [0.29, 0.717) is 19.7 Å². The molecule has 0 spiro atoms. The second-order valence-corrected chi connectivity index (χ2v) is 5.70. The lowest BCUT2D eigenvalue weighted by atomic mass is 10.1. The van der Waals surface area contributed by atoms with Gasteiger partial charge in [-0.3, -0.25) is 4.99 Å². The number of hydrogen-bond acceptors (Lipinski definition) is 3. The van der Waals surface area contributed by atoms with Gasteiger partial charge in [0.2, 0.25) is 0 Å². The van der Waals surface area contributed by atoms with Gasteiger partial charge in [0.1, 0.15) is 12.4 Å². The maximum Gasteiger partial charge on any atom is 0.191 e. The van der Waals surface area contributed by atoms with Gasteiger partial charge in [-0.1, -0.05) is 18.2 Å². The van der Waals surface area contributed by atoms with Crippen LogP contribution in [-0.2, 0) is 4.74 Å². The molecule has 22 heavy (non-hydrogen) atoms. The first kappa shape index (κ1) is 18.3. The molecule has 0 aliphatic rings. The molecule has 0 aliphatic carbocycles. The van der Waals surface area contributed by atoms with E-state index in [0.717, 1.165) is 23.8 Å². The third-order valence-electron chi connectivity index (χ3n) is 3.26. The highest BCUT2D eigenvalue weighted by atomic mass is 16.5. The Hall–Kier alpha value is -1.75. The summed E-state index contributed by atoms with van der Waals surface area (Å²) in [5.74, 6) is 1.70. The zero-order valence-electron chi connectivity index (χ0n) is 14.4. The number of methoxy groups -OCH3 is 1. The van der Waals surface area contributed by atoms with Crippen LogP contribution in [0, 0.1) is 6.92 Å². The number of guanidine groups is 1. The van der Waals surface area contributed by atoms with Crippen molar-refractivity contribution in [1.29, 1.82) is 0 Å². The third kappa shape index (κ3) is 6.80. The third-order valence-corrected chi connectivity index (χ3v) is 3.26. The summed E-state index contributed by atoms with van der Waals surface area (Å²) in [6.45, 7) is 10.8. The van der Waals surface area contributed by atoms with Crippen molar-refractivity contribution in [2.75, 3.05) is 33.4 Å². The van der Waals surface area contributed by atoms with E-state index in [1.165, 1.54) is 0 Å². The van der Waals surface area contributed by atoms with Gasteiger partial charge in [-0.05, 0) is 39.3 Å². The van der Waals surface area contributed by atoms with Crippen molar-refractivity contribution in [1.82, 2.24) is 10.6 Å². The summed E-state index contributed by atoms with van der Waals surface area (Å²) in [7, 11) is 1.70. The zero-order chi connectivity index (χ0) is 16.4. The van der Waals surface area contributed by atoms with E-state index in [2.05, 4.69) is 15.6 Å². The van der Waals surface area contributed by atoms with Gasteiger partial charge in [0.05, 0.1) is 18.7 Å². The van der Waals surface area contributed by atoms with E-state index in [9.17, 15) is 0 Å². The number of nitrogens with one attached hydrogen (secondary N) is 2. The van der Waals surface area contributed by atoms with Gasteiger partial charge in [-0.25, -0.2) is 0 Å². The second-order valence-electron chi connectivity index (χ2n) is 5.70. The van der Waals surface area contributed by atoms with Crippen LogP contribution in [-0.4, -0.2) is 44.9 Å². The average molecular weight is 307 g/mol. The Morgan fingerprint density at radius 2 is 1.95 bits per heavy atom.